The summed E-state index contributed by atoms with van der Waals surface area (Å²) in [7, 11) is 0. The predicted molar refractivity (Wildman–Crippen MR) is 121 cm³/mol. The van der Waals surface area contributed by atoms with Gasteiger partial charge in [0.2, 0.25) is 5.91 Å². The summed E-state index contributed by atoms with van der Waals surface area (Å²) < 4.78 is 39.2. The number of carbonyl (C=O) groups is 1. The Morgan fingerprint density at radius 1 is 1.09 bits per heavy atom. The zero-order valence-corrected chi connectivity index (χ0v) is 18.9. The third-order valence-corrected chi connectivity index (χ3v) is 7.50. The zero-order chi connectivity index (χ0) is 23.9. The average molecular weight is 478 g/mol. The first-order valence-electron chi connectivity index (χ1n) is 12.1. The van der Waals surface area contributed by atoms with Crippen molar-refractivity contribution in [2.75, 3.05) is 25.0 Å². The van der Waals surface area contributed by atoms with Gasteiger partial charge in [-0.1, -0.05) is 0 Å². The first-order valence-corrected chi connectivity index (χ1v) is 12.1. The normalized spacial score (nSPS) is 25.1. The molecule has 10 heteroatoms. The number of hydrogen-bond acceptors (Lipinski definition) is 6. The molecule has 0 radical (unpaired) electrons. The molecule has 1 aromatic heterocycles. The Morgan fingerprint density at radius 3 is 2.41 bits per heavy atom. The van der Waals surface area contributed by atoms with Gasteiger partial charge >= 0.3 is 6.18 Å². The molecule has 0 unspecified atom stereocenters. The molecule has 2 aromatic rings. The molecular weight excluding hydrogens is 447 g/mol. The number of fused-ring (bicyclic) bond motifs is 1. The van der Waals surface area contributed by atoms with Gasteiger partial charge in [-0.05, 0) is 68.6 Å². The first-order chi connectivity index (χ1) is 16.3. The van der Waals surface area contributed by atoms with Crippen molar-refractivity contribution in [1.82, 2.24) is 20.2 Å². The van der Waals surface area contributed by atoms with E-state index in [0.29, 0.717) is 23.4 Å². The van der Waals surface area contributed by atoms with Crippen LogP contribution in [0.15, 0.2) is 24.5 Å². The number of halogens is 3. The number of nitrogens with zero attached hydrogens (tertiary/aromatic N) is 3. The molecule has 1 aliphatic heterocycles. The number of amides is 1. The van der Waals surface area contributed by atoms with Crippen LogP contribution in [0.4, 0.5) is 19.0 Å². The van der Waals surface area contributed by atoms with Crippen molar-refractivity contribution in [3.8, 4) is 0 Å². The summed E-state index contributed by atoms with van der Waals surface area (Å²) in [6.07, 6.45) is 3.35. The number of aromatic nitrogens is 2. The molecule has 3 aliphatic rings. The van der Waals surface area contributed by atoms with Gasteiger partial charge < -0.3 is 15.7 Å². The van der Waals surface area contributed by atoms with Gasteiger partial charge in [0.05, 0.1) is 29.8 Å². The summed E-state index contributed by atoms with van der Waals surface area (Å²) in [5.74, 6) is 0.953. The summed E-state index contributed by atoms with van der Waals surface area (Å²) in [5.41, 5.74) is -0.409. The van der Waals surface area contributed by atoms with Crippen molar-refractivity contribution in [3.63, 3.8) is 0 Å². The first kappa shape index (κ1) is 23.3. The maximum absolute atomic E-state index is 13.1. The van der Waals surface area contributed by atoms with E-state index in [2.05, 4.69) is 25.5 Å². The number of carbonyl (C=O) groups excluding carboxylic acids is 1. The molecule has 7 nitrogen and oxygen atoms in total. The molecule has 3 fully saturated rings. The van der Waals surface area contributed by atoms with E-state index in [-0.39, 0.29) is 35.8 Å². The lowest BCUT2D eigenvalue weighted by molar-refractivity contribution is -0.137. The highest BCUT2D eigenvalue weighted by atomic mass is 19.4. The second-order valence-corrected chi connectivity index (χ2v) is 9.92. The predicted octanol–water partition coefficient (Wildman–Crippen LogP) is 3.19. The maximum atomic E-state index is 13.1. The smallest absolute Gasteiger partial charge is 0.393 e. The van der Waals surface area contributed by atoms with E-state index in [9.17, 15) is 23.1 Å². The summed E-state index contributed by atoms with van der Waals surface area (Å²) in [5, 5.41) is 16.4. The molecule has 1 aromatic carbocycles. The Kier molecular flexibility index (Phi) is 6.37. The van der Waals surface area contributed by atoms with Crippen LogP contribution in [0.2, 0.25) is 0 Å². The number of alkyl halides is 3. The van der Waals surface area contributed by atoms with Gasteiger partial charge in [0.1, 0.15) is 12.1 Å². The topological polar surface area (TPSA) is 90.4 Å². The highest BCUT2D eigenvalue weighted by molar-refractivity contribution is 5.91. The van der Waals surface area contributed by atoms with Crippen LogP contribution in [-0.4, -0.2) is 63.7 Å². The van der Waals surface area contributed by atoms with Crippen LogP contribution in [0.25, 0.3) is 10.9 Å². The fraction of sp³-hybridized carbons (Fsp3) is 0.625. The number of hydrogen-bond donors (Lipinski definition) is 3. The fourth-order valence-corrected chi connectivity index (χ4v) is 5.35. The van der Waals surface area contributed by atoms with Crippen LogP contribution in [0.1, 0.15) is 44.1 Å². The zero-order valence-electron chi connectivity index (χ0n) is 18.9. The summed E-state index contributed by atoms with van der Waals surface area (Å²) in [6.45, 7) is 1.53. The van der Waals surface area contributed by atoms with Crippen molar-refractivity contribution in [1.29, 1.82) is 0 Å². The SMILES string of the molecule is O=C(CNc1ncnc2ccc(C(F)(F)F)cc12)NC1CN([C@H]2CC[C@H]([C@H](O)C3CC3)CC2)C1. The largest absolute Gasteiger partial charge is 0.416 e. The molecule has 34 heavy (non-hydrogen) atoms. The molecule has 1 saturated heterocycles. The minimum Gasteiger partial charge on any atom is -0.393 e. The van der Waals surface area contributed by atoms with E-state index in [1.165, 1.54) is 25.2 Å². The quantitative estimate of drug-likeness (QED) is 0.568. The number of aliphatic hydroxyl groups excluding tert-OH is 1. The Hall–Kier alpha value is -2.46. The van der Waals surface area contributed by atoms with Gasteiger partial charge in [-0.15, -0.1) is 0 Å². The molecule has 3 N–H and O–H groups in total. The molecule has 2 saturated carbocycles. The lowest BCUT2D eigenvalue weighted by Crippen LogP contribution is -2.63. The van der Waals surface area contributed by atoms with Crippen molar-refractivity contribution < 1.29 is 23.1 Å². The van der Waals surface area contributed by atoms with Gasteiger partial charge in [0, 0.05) is 24.5 Å². The van der Waals surface area contributed by atoms with Gasteiger partial charge in [-0.2, -0.15) is 13.2 Å². The Balaban J connectivity index is 1.08. The van der Waals surface area contributed by atoms with Crippen molar-refractivity contribution in [2.45, 2.75) is 62.9 Å². The van der Waals surface area contributed by atoms with Crippen LogP contribution in [0.5, 0.6) is 0 Å². The molecular formula is C24H30F3N5O2. The second kappa shape index (κ2) is 9.30. The molecule has 0 spiro atoms. The highest BCUT2D eigenvalue weighted by Crippen LogP contribution is 2.41. The highest BCUT2D eigenvalue weighted by Gasteiger charge is 2.40. The minimum absolute atomic E-state index is 0.0723. The molecule has 1 amide bonds. The molecule has 5 rings (SSSR count). The molecule has 2 heterocycles. The lowest BCUT2D eigenvalue weighted by atomic mass is 9.80. The van der Waals surface area contributed by atoms with Crippen molar-refractivity contribution in [3.05, 3.63) is 30.1 Å². The lowest BCUT2D eigenvalue weighted by Gasteiger charge is -2.47. The number of benzene rings is 1. The second-order valence-electron chi connectivity index (χ2n) is 9.92. The number of likely N-dealkylation sites (tertiary alicyclic amines) is 1. The number of aliphatic hydroxyl groups is 1. The Labute approximate surface area is 196 Å². The van der Waals surface area contributed by atoms with E-state index < -0.39 is 11.7 Å². The van der Waals surface area contributed by atoms with Crippen LogP contribution in [-0.2, 0) is 11.0 Å². The van der Waals surface area contributed by atoms with Crippen LogP contribution >= 0.6 is 0 Å². The van der Waals surface area contributed by atoms with Gasteiger partial charge in [-0.25, -0.2) is 9.97 Å². The third kappa shape index (κ3) is 5.12. The number of nitrogens with one attached hydrogen (secondary N) is 2. The van der Waals surface area contributed by atoms with E-state index in [1.54, 1.807) is 0 Å². The molecule has 184 valence electrons. The number of rotatable bonds is 7. The van der Waals surface area contributed by atoms with Gasteiger partial charge in [0.25, 0.3) is 0 Å². The van der Waals surface area contributed by atoms with E-state index in [0.717, 1.165) is 50.9 Å². The van der Waals surface area contributed by atoms with Crippen LogP contribution in [0, 0.1) is 11.8 Å². The van der Waals surface area contributed by atoms with Gasteiger partial charge in [-0.3, -0.25) is 9.69 Å². The molecule has 2 aliphatic carbocycles. The Bertz CT molecular complexity index is 1030. The van der Waals surface area contributed by atoms with Gasteiger partial charge in [0.15, 0.2) is 0 Å². The Morgan fingerprint density at radius 2 is 1.76 bits per heavy atom. The fourth-order valence-electron chi connectivity index (χ4n) is 5.35. The maximum Gasteiger partial charge on any atom is 0.416 e. The monoisotopic (exact) mass is 477 g/mol. The van der Waals surface area contributed by atoms with Crippen molar-refractivity contribution >= 4 is 22.6 Å². The van der Waals surface area contributed by atoms with E-state index in [4.69, 9.17) is 0 Å². The summed E-state index contributed by atoms with van der Waals surface area (Å²) in [4.78, 5) is 22.8. The number of anilines is 1. The minimum atomic E-state index is -4.47. The van der Waals surface area contributed by atoms with Crippen LogP contribution in [0.3, 0.4) is 0 Å². The summed E-state index contributed by atoms with van der Waals surface area (Å²) >= 11 is 0. The van der Waals surface area contributed by atoms with E-state index in [1.807, 2.05) is 0 Å². The molecule has 0 bridgehead atoms. The average Bonchev–Trinajstić information content (AvgIpc) is 3.64. The van der Waals surface area contributed by atoms with E-state index >= 15 is 0 Å². The summed E-state index contributed by atoms with van der Waals surface area (Å²) in [6, 6.07) is 3.87. The standard InChI is InChI=1S/C24H30F3N5O2/c25-24(26,27)16-5-8-20-19(9-16)23(30-13-29-20)28-10-21(33)31-17-11-32(12-17)18-6-3-15(4-7-18)22(34)14-1-2-14/h5,8-9,13-15,17-18,22,34H,1-4,6-7,10-12H2,(H,31,33)(H,28,29,30)/t15-,18-,22-/m1/s1. The third-order valence-electron chi connectivity index (χ3n) is 7.50. The molecule has 1 atom stereocenters. The van der Waals surface area contributed by atoms with Crippen LogP contribution < -0.4 is 10.6 Å². The van der Waals surface area contributed by atoms with Crippen molar-refractivity contribution in [2.24, 2.45) is 11.8 Å².